The molecule has 0 aliphatic heterocycles. The van der Waals surface area contributed by atoms with E-state index < -0.39 is 0 Å². The van der Waals surface area contributed by atoms with Crippen molar-refractivity contribution in [3.8, 4) is 0 Å². The van der Waals surface area contributed by atoms with Gasteiger partial charge in [0.25, 0.3) is 0 Å². The van der Waals surface area contributed by atoms with E-state index in [1.165, 1.54) is 0 Å². The number of hydrogen-bond donors (Lipinski definition) is 1. The zero-order chi connectivity index (χ0) is 9.26. The van der Waals surface area contributed by atoms with E-state index in [1.54, 1.807) is 20.7 Å². The van der Waals surface area contributed by atoms with E-state index >= 15 is 0 Å². The quantitative estimate of drug-likeness (QED) is 0.691. The first kappa shape index (κ1) is 8.73. The molecule has 1 N–H and O–H groups in total. The molecule has 0 bridgehead atoms. The minimum atomic E-state index is -0.0961. The summed E-state index contributed by atoms with van der Waals surface area (Å²) in [7, 11) is 0. The third-order valence-electron chi connectivity index (χ3n) is 2.20. The minimum absolute atomic E-state index is 0.0567. The van der Waals surface area contributed by atoms with Gasteiger partial charge in [-0.05, 0) is 0 Å². The van der Waals surface area contributed by atoms with Crippen molar-refractivity contribution in [3.05, 3.63) is 41.5 Å². The molecule has 1 atom stereocenters. The molecule has 1 unspecified atom stereocenters. The van der Waals surface area contributed by atoms with Crippen LogP contribution in [0.3, 0.4) is 0 Å². The first-order valence-corrected chi connectivity index (χ1v) is 4.84. The van der Waals surface area contributed by atoms with Crippen LogP contribution in [0.4, 0.5) is 0 Å². The molecule has 0 saturated carbocycles. The van der Waals surface area contributed by atoms with Crippen LogP contribution in [0, 0.1) is 0 Å². The second-order valence-electron chi connectivity index (χ2n) is 2.95. The van der Waals surface area contributed by atoms with Crippen LogP contribution in [-0.4, -0.2) is 5.91 Å². The first-order chi connectivity index (χ1) is 6.33. The van der Waals surface area contributed by atoms with Crippen molar-refractivity contribution >= 4 is 12.0 Å². The molecule has 2 nitrogen and oxygen atoms in total. The maximum absolute atomic E-state index is 11.4. The van der Waals surface area contributed by atoms with Crippen molar-refractivity contribution in [1.29, 1.82) is 0 Å². The van der Waals surface area contributed by atoms with Crippen LogP contribution in [0.15, 0.2) is 30.3 Å². The van der Waals surface area contributed by atoms with Crippen molar-refractivity contribution in [2.24, 2.45) is 0 Å². The molecule has 13 heavy (non-hydrogen) atoms. The topological polar surface area (TPSA) is 29.1 Å². The molecule has 1 amide bonds. The van der Waals surface area contributed by atoms with Crippen LogP contribution in [0.2, 0.25) is 0 Å². The molecule has 1 aliphatic rings. The van der Waals surface area contributed by atoms with E-state index in [0.29, 0.717) is 0 Å². The first-order valence-electron chi connectivity index (χ1n) is 4.06. The van der Waals surface area contributed by atoms with Gasteiger partial charge in [0.2, 0.25) is 0 Å². The summed E-state index contributed by atoms with van der Waals surface area (Å²) in [4.78, 5) is 11.4. The van der Waals surface area contributed by atoms with Crippen molar-refractivity contribution in [2.75, 3.05) is 0 Å². The van der Waals surface area contributed by atoms with E-state index in [-0.39, 0.29) is 11.8 Å². The molecule has 0 heterocycles. The van der Waals surface area contributed by atoms with Crippen molar-refractivity contribution in [3.63, 3.8) is 0 Å². The zero-order valence-corrected chi connectivity index (χ0v) is 8.51. The summed E-state index contributed by atoms with van der Waals surface area (Å²) in [6.45, 7) is 0. The number of carbonyl (C=O) groups excluding carboxylic acids is 1. The van der Waals surface area contributed by atoms with Crippen molar-refractivity contribution in [2.45, 2.75) is 5.92 Å². The summed E-state index contributed by atoms with van der Waals surface area (Å²) >= 11 is 1.66. The van der Waals surface area contributed by atoms with Crippen LogP contribution < -0.4 is 3.80 Å². The Labute approximate surface area is 88.7 Å². The van der Waals surface area contributed by atoms with Crippen LogP contribution in [0.25, 0.3) is 6.08 Å². The van der Waals surface area contributed by atoms with E-state index in [2.05, 4.69) is 3.80 Å². The van der Waals surface area contributed by atoms with Gasteiger partial charge in [0, 0.05) is 0 Å². The standard InChI is InChI=1S/C10H9NO.Ti/c11-10(12)9-6-5-7-3-1-2-4-8(7)9;/h1-6,9H,(H2,11,12);/q;+1/p-1. The molecule has 0 saturated heterocycles. The Kier molecular flexibility index (Phi) is 2.34. The number of benzene rings is 1. The summed E-state index contributed by atoms with van der Waals surface area (Å²) in [5.74, 6) is -0.0394. The molecular weight excluding hydrogens is 198 g/mol. The Hall–Kier alpha value is -0.856. The SMILES string of the molecule is O=C([NH][Ti])C1C=Cc2ccccc21. The predicted octanol–water partition coefficient (Wildman–Crippen LogP) is 1.38. The van der Waals surface area contributed by atoms with Gasteiger partial charge < -0.3 is 0 Å². The Balaban J connectivity index is 2.38. The summed E-state index contributed by atoms with van der Waals surface area (Å²) in [5.41, 5.74) is 2.25. The third kappa shape index (κ3) is 1.47. The number of nitrogens with one attached hydrogen (secondary N) is 1. The summed E-state index contributed by atoms with van der Waals surface area (Å²) in [6, 6.07) is 7.96. The normalized spacial score (nSPS) is 18.2. The fraction of sp³-hybridized carbons (Fsp3) is 0.100. The van der Waals surface area contributed by atoms with E-state index in [1.807, 2.05) is 36.4 Å². The van der Waals surface area contributed by atoms with Gasteiger partial charge >= 0.3 is 88.7 Å². The zero-order valence-electron chi connectivity index (χ0n) is 6.95. The van der Waals surface area contributed by atoms with E-state index in [4.69, 9.17) is 0 Å². The Bertz CT molecular complexity index is 373. The van der Waals surface area contributed by atoms with Gasteiger partial charge in [0.15, 0.2) is 0 Å². The molecule has 1 aromatic carbocycles. The van der Waals surface area contributed by atoms with Gasteiger partial charge in [-0.1, -0.05) is 0 Å². The van der Waals surface area contributed by atoms with Crippen LogP contribution >= 0.6 is 0 Å². The van der Waals surface area contributed by atoms with Crippen molar-refractivity contribution < 1.29 is 25.5 Å². The number of hydrogen-bond acceptors (Lipinski definition) is 1. The Morgan fingerprint density at radius 3 is 2.92 bits per heavy atom. The van der Waals surface area contributed by atoms with Crippen LogP contribution in [0.5, 0.6) is 0 Å². The van der Waals surface area contributed by atoms with Gasteiger partial charge in [0.05, 0.1) is 0 Å². The van der Waals surface area contributed by atoms with Gasteiger partial charge in [0.1, 0.15) is 0 Å². The summed E-state index contributed by atoms with van der Waals surface area (Å²) in [6.07, 6.45) is 3.93. The van der Waals surface area contributed by atoms with Gasteiger partial charge in [-0.15, -0.1) is 0 Å². The second-order valence-corrected chi connectivity index (χ2v) is 3.35. The second kappa shape index (κ2) is 3.48. The molecule has 1 aromatic rings. The number of carbonyl (C=O) groups is 1. The molecule has 0 aromatic heterocycles. The molecule has 2 rings (SSSR count). The molecule has 0 spiro atoms. The molecule has 3 heteroatoms. The van der Waals surface area contributed by atoms with Crippen LogP contribution in [-0.2, 0) is 25.5 Å². The van der Waals surface area contributed by atoms with E-state index in [0.717, 1.165) is 11.1 Å². The fourth-order valence-corrected chi connectivity index (χ4v) is 1.80. The maximum atomic E-state index is 11.4. The summed E-state index contributed by atoms with van der Waals surface area (Å²) < 4.78 is 2.66. The van der Waals surface area contributed by atoms with Crippen LogP contribution in [0.1, 0.15) is 17.0 Å². The average Bonchev–Trinajstić information content (AvgIpc) is 2.60. The van der Waals surface area contributed by atoms with Gasteiger partial charge in [-0.2, -0.15) is 0 Å². The third-order valence-corrected chi connectivity index (χ3v) is 2.59. The molecule has 1 aliphatic carbocycles. The fourth-order valence-electron chi connectivity index (χ4n) is 1.56. The summed E-state index contributed by atoms with van der Waals surface area (Å²) in [5, 5.41) is 0. The molecule has 63 valence electrons. The number of fused-ring (bicyclic) bond motifs is 1. The van der Waals surface area contributed by atoms with Gasteiger partial charge in [-0.25, -0.2) is 0 Å². The molecule has 0 radical (unpaired) electrons. The van der Waals surface area contributed by atoms with Crippen molar-refractivity contribution in [1.82, 2.24) is 3.80 Å². The number of amides is 1. The predicted molar refractivity (Wildman–Crippen MR) is 46.4 cm³/mol. The van der Waals surface area contributed by atoms with E-state index in [9.17, 15) is 4.79 Å². The molecule has 0 fully saturated rings. The number of rotatable bonds is 1. The Morgan fingerprint density at radius 2 is 2.15 bits per heavy atom. The Morgan fingerprint density at radius 1 is 1.38 bits per heavy atom. The monoisotopic (exact) mass is 206 g/mol. The van der Waals surface area contributed by atoms with Gasteiger partial charge in [-0.3, -0.25) is 0 Å². The molecular formula is C10H8NOTi. The average molecular weight is 206 g/mol.